The third-order valence-electron chi connectivity index (χ3n) is 2.65. The van der Waals surface area contributed by atoms with Gasteiger partial charge in [0, 0.05) is 16.7 Å². The van der Waals surface area contributed by atoms with Gasteiger partial charge in [0.15, 0.2) is 0 Å². The molecule has 0 radical (unpaired) electrons. The van der Waals surface area contributed by atoms with Crippen LogP contribution in [-0.4, -0.2) is 18.3 Å². The Labute approximate surface area is 108 Å². The molecule has 1 atom stereocenters. The molecule has 0 aliphatic carbocycles. The van der Waals surface area contributed by atoms with Crippen LogP contribution in [0.1, 0.15) is 33.1 Å². The summed E-state index contributed by atoms with van der Waals surface area (Å²) < 4.78 is 13.0. The minimum atomic E-state index is -0.149. The second-order valence-electron chi connectivity index (χ2n) is 4.17. The van der Waals surface area contributed by atoms with Crippen LogP contribution in [-0.2, 0) is 0 Å². The number of benzene rings is 1. The average Bonchev–Trinajstić information content (AvgIpc) is 2.33. The summed E-state index contributed by atoms with van der Waals surface area (Å²) in [5, 5.41) is 3.49. The fourth-order valence-electron chi connectivity index (χ4n) is 1.74. The first-order chi connectivity index (χ1) is 8.26. The number of halogens is 1. The van der Waals surface area contributed by atoms with E-state index in [4.69, 9.17) is 0 Å². The Bertz CT molecular complexity index is 317. The van der Waals surface area contributed by atoms with Crippen molar-refractivity contribution in [1.29, 1.82) is 0 Å². The molecule has 0 spiro atoms. The van der Waals surface area contributed by atoms with Gasteiger partial charge in [0.2, 0.25) is 0 Å². The van der Waals surface area contributed by atoms with E-state index in [1.165, 1.54) is 25.3 Å². The van der Waals surface area contributed by atoms with E-state index in [0.29, 0.717) is 6.04 Å². The number of thioether (sulfide) groups is 1. The van der Waals surface area contributed by atoms with Gasteiger partial charge in [0.05, 0.1) is 0 Å². The molecule has 0 fully saturated rings. The lowest BCUT2D eigenvalue weighted by atomic mass is 10.1. The molecule has 0 saturated heterocycles. The molecule has 1 unspecified atom stereocenters. The van der Waals surface area contributed by atoms with Gasteiger partial charge in [0.1, 0.15) is 5.82 Å². The average molecular weight is 255 g/mol. The predicted molar refractivity (Wildman–Crippen MR) is 74.1 cm³/mol. The number of hydrogen-bond donors (Lipinski definition) is 1. The van der Waals surface area contributed by atoms with Crippen LogP contribution in [0.3, 0.4) is 0 Å². The van der Waals surface area contributed by atoms with Gasteiger partial charge in [-0.05, 0) is 31.2 Å². The molecule has 0 bridgehead atoms. The molecular formula is C14H22FNS. The van der Waals surface area contributed by atoms with E-state index in [-0.39, 0.29) is 5.82 Å². The highest BCUT2D eigenvalue weighted by molar-refractivity contribution is 7.99. The fraction of sp³-hybridized carbons (Fsp3) is 0.571. The van der Waals surface area contributed by atoms with Gasteiger partial charge in [-0.1, -0.05) is 32.8 Å². The number of rotatable bonds is 8. The van der Waals surface area contributed by atoms with Crippen molar-refractivity contribution in [2.75, 3.05) is 12.3 Å². The van der Waals surface area contributed by atoms with Crippen LogP contribution >= 0.6 is 11.8 Å². The lowest BCUT2D eigenvalue weighted by Gasteiger charge is -2.17. The Morgan fingerprint density at radius 3 is 2.82 bits per heavy atom. The monoisotopic (exact) mass is 255 g/mol. The van der Waals surface area contributed by atoms with Gasteiger partial charge in [-0.25, -0.2) is 4.39 Å². The maximum Gasteiger partial charge on any atom is 0.124 e. The van der Waals surface area contributed by atoms with Crippen molar-refractivity contribution in [3.8, 4) is 0 Å². The van der Waals surface area contributed by atoms with Crippen LogP contribution < -0.4 is 5.32 Å². The third-order valence-corrected chi connectivity index (χ3v) is 3.80. The van der Waals surface area contributed by atoms with Crippen molar-refractivity contribution < 1.29 is 4.39 Å². The van der Waals surface area contributed by atoms with E-state index in [1.807, 2.05) is 6.07 Å². The van der Waals surface area contributed by atoms with Crippen molar-refractivity contribution >= 4 is 11.8 Å². The summed E-state index contributed by atoms with van der Waals surface area (Å²) in [5.74, 6) is 0.862. The van der Waals surface area contributed by atoms with Gasteiger partial charge in [-0.3, -0.25) is 0 Å². The van der Waals surface area contributed by atoms with Crippen molar-refractivity contribution in [1.82, 2.24) is 5.32 Å². The zero-order valence-electron chi connectivity index (χ0n) is 10.7. The molecule has 0 aliphatic heterocycles. The Balaban J connectivity index is 2.39. The van der Waals surface area contributed by atoms with Crippen LogP contribution in [0.2, 0.25) is 0 Å². The summed E-state index contributed by atoms with van der Waals surface area (Å²) in [4.78, 5) is 1.02. The first-order valence-electron chi connectivity index (χ1n) is 6.38. The topological polar surface area (TPSA) is 12.0 Å². The van der Waals surface area contributed by atoms with E-state index < -0.39 is 0 Å². The lowest BCUT2D eigenvalue weighted by Crippen LogP contribution is -2.31. The van der Waals surface area contributed by atoms with Crippen LogP contribution in [0.4, 0.5) is 4.39 Å². The molecule has 1 nitrogen and oxygen atoms in total. The molecule has 1 aromatic rings. The quantitative estimate of drug-likeness (QED) is 0.702. The highest BCUT2D eigenvalue weighted by atomic mass is 32.2. The summed E-state index contributed by atoms with van der Waals surface area (Å²) in [6, 6.07) is 7.37. The largest absolute Gasteiger partial charge is 0.313 e. The van der Waals surface area contributed by atoms with E-state index in [1.54, 1.807) is 23.9 Å². The SMILES string of the molecule is CCCCC(CSc1cccc(F)c1)NCC. The Morgan fingerprint density at radius 1 is 1.35 bits per heavy atom. The van der Waals surface area contributed by atoms with E-state index in [9.17, 15) is 4.39 Å². The van der Waals surface area contributed by atoms with Crippen molar-refractivity contribution in [2.45, 2.75) is 44.0 Å². The number of hydrogen-bond acceptors (Lipinski definition) is 2. The van der Waals surface area contributed by atoms with Gasteiger partial charge in [-0.2, -0.15) is 0 Å². The Morgan fingerprint density at radius 2 is 2.18 bits per heavy atom. The summed E-state index contributed by atoms with van der Waals surface area (Å²) in [7, 11) is 0. The van der Waals surface area contributed by atoms with Crippen molar-refractivity contribution in [3.05, 3.63) is 30.1 Å². The standard InChI is InChI=1S/C14H22FNS/c1-3-5-8-13(16-4-2)11-17-14-9-6-7-12(15)10-14/h6-7,9-10,13,16H,3-5,8,11H2,1-2H3. The zero-order valence-corrected chi connectivity index (χ0v) is 11.5. The zero-order chi connectivity index (χ0) is 12.5. The molecule has 1 N–H and O–H groups in total. The smallest absolute Gasteiger partial charge is 0.124 e. The molecule has 96 valence electrons. The molecule has 1 rings (SSSR count). The highest BCUT2D eigenvalue weighted by Crippen LogP contribution is 2.20. The number of nitrogens with one attached hydrogen (secondary N) is 1. The molecule has 17 heavy (non-hydrogen) atoms. The third kappa shape index (κ3) is 6.08. The van der Waals surface area contributed by atoms with Crippen LogP contribution in [0.25, 0.3) is 0 Å². The van der Waals surface area contributed by atoms with Gasteiger partial charge < -0.3 is 5.32 Å². The van der Waals surface area contributed by atoms with Crippen molar-refractivity contribution in [3.63, 3.8) is 0 Å². The molecule has 0 aliphatic rings. The molecule has 0 saturated carbocycles. The molecule has 1 aromatic carbocycles. The van der Waals surface area contributed by atoms with Crippen LogP contribution in [0.15, 0.2) is 29.2 Å². The minimum Gasteiger partial charge on any atom is -0.313 e. The molecule has 0 heterocycles. The minimum absolute atomic E-state index is 0.149. The molecule has 3 heteroatoms. The highest BCUT2D eigenvalue weighted by Gasteiger charge is 2.07. The molecular weight excluding hydrogens is 233 g/mol. The summed E-state index contributed by atoms with van der Waals surface area (Å²) in [6.45, 7) is 5.34. The van der Waals surface area contributed by atoms with Gasteiger partial charge >= 0.3 is 0 Å². The van der Waals surface area contributed by atoms with Gasteiger partial charge in [0.25, 0.3) is 0 Å². The van der Waals surface area contributed by atoms with E-state index >= 15 is 0 Å². The van der Waals surface area contributed by atoms with E-state index in [0.717, 1.165) is 17.2 Å². The van der Waals surface area contributed by atoms with Gasteiger partial charge in [-0.15, -0.1) is 11.8 Å². The number of unbranched alkanes of at least 4 members (excludes halogenated alkanes) is 1. The maximum atomic E-state index is 13.0. The predicted octanol–water partition coefficient (Wildman–Crippen LogP) is 4.09. The summed E-state index contributed by atoms with van der Waals surface area (Å²) >= 11 is 1.73. The second-order valence-corrected chi connectivity index (χ2v) is 5.26. The summed E-state index contributed by atoms with van der Waals surface area (Å²) in [6.07, 6.45) is 3.68. The summed E-state index contributed by atoms with van der Waals surface area (Å²) in [5.41, 5.74) is 0. The maximum absolute atomic E-state index is 13.0. The van der Waals surface area contributed by atoms with E-state index in [2.05, 4.69) is 19.2 Å². The molecule has 0 amide bonds. The normalized spacial score (nSPS) is 12.6. The molecule has 0 aromatic heterocycles. The second kappa shape index (κ2) is 8.54. The van der Waals surface area contributed by atoms with Crippen LogP contribution in [0.5, 0.6) is 0 Å². The first-order valence-corrected chi connectivity index (χ1v) is 7.36. The van der Waals surface area contributed by atoms with Crippen molar-refractivity contribution in [2.24, 2.45) is 0 Å². The fourth-order valence-corrected chi connectivity index (χ4v) is 2.79. The Kier molecular flexibility index (Phi) is 7.29. The van der Waals surface area contributed by atoms with Crippen LogP contribution in [0, 0.1) is 5.82 Å². The lowest BCUT2D eigenvalue weighted by molar-refractivity contribution is 0.515. The Hall–Kier alpha value is -0.540. The first kappa shape index (κ1) is 14.5.